The van der Waals surface area contributed by atoms with Gasteiger partial charge in [-0.2, -0.15) is 11.8 Å². The SMILES string of the molecule is CCCNC(CCC1CCCO1)CSCC. The molecule has 0 amide bonds. The van der Waals surface area contributed by atoms with Crippen LogP contribution < -0.4 is 5.32 Å². The van der Waals surface area contributed by atoms with Gasteiger partial charge in [-0.1, -0.05) is 13.8 Å². The van der Waals surface area contributed by atoms with Crippen LogP contribution in [0.2, 0.25) is 0 Å². The molecule has 0 aromatic carbocycles. The first-order chi connectivity index (χ1) is 7.86. The zero-order chi connectivity index (χ0) is 11.6. The quantitative estimate of drug-likeness (QED) is 0.674. The summed E-state index contributed by atoms with van der Waals surface area (Å²) in [5, 5.41) is 3.65. The van der Waals surface area contributed by atoms with E-state index in [4.69, 9.17) is 4.74 Å². The average Bonchev–Trinajstić information content (AvgIpc) is 2.81. The number of thioether (sulfide) groups is 1. The predicted molar refractivity (Wildman–Crippen MR) is 73.3 cm³/mol. The zero-order valence-electron chi connectivity index (χ0n) is 10.8. The van der Waals surface area contributed by atoms with Crippen LogP contribution in [0.4, 0.5) is 0 Å². The minimum Gasteiger partial charge on any atom is -0.378 e. The smallest absolute Gasteiger partial charge is 0.0576 e. The molecule has 0 radical (unpaired) electrons. The molecule has 0 aromatic heterocycles. The first kappa shape index (κ1) is 14.3. The highest BCUT2D eigenvalue weighted by Gasteiger charge is 2.17. The van der Waals surface area contributed by atoms with Gasteiger partial charge in [-0.15, -0.1) is 0 Å². The summed E-state index contributed by atoms with van der Waals surface area (Å²) >= 11 is 2.05. The second-order valence-corrected chi connectivity index (χ2v) is 5.84. The van der Waals surface area contributed by atoms with E-state index < -0.39 is 0 Å². The highest BCUT2D eigenvalue weighted by atomic mass is 32.2. The van der Waals surface area contributed by atoms with E-state index in [-0.39, 0.29) is 0 Å². The first-order valence-electron chi connectivity index (χ1n) is 6.79. The van der Waals surface area contributed by atoms with Crippen molar-refractivity contribution in [3.8, 4) is 0 Å². The molecule has 0 aliphatic carbocycles. The van der Waals surface area contributed by atoms with E-state index >= 15 is 0 Å². The zero-order valence-corrected chi connectivity index (χ0v) is 11.7. The highest BCUT2D eigenvalue weighted by Crippen LogP contribution is 2.18. The molecular weight excluding hydrogens is 218 g/mol. The molecule has 1 N–H and O–H groups in total. The van der Waals surface area contributed by atoms with Crippen LogP contribution in [0, 0.1) is 0 Å². The Hall–Kier alpha value is 0.270. The minimum absolute atomic E-state index is 0.553. The maximum Gasteiger partial charge on any atom is 0.0576 e. The Morgan fingerprint density at radius 2 is 2.31 bits per heavy atom. The van der Waals surface area contributed by atoms with E-state index in [1.165, 1.54) is 43.6 Å². The van der Waals surface area contributed by atoms with Crippen molar-refractivity contribution < 1.29 is 4.74 Å². The third-order valence-electron chi connectivity index (χ3n) is 3.07. The molecule has 2 unspecified atom stereocenters. The molecule has 1 aliphatic heterocycles. The van der Waals surface area contributed by atoms with Gasteiger partial charge in [-0.3, -0.25) is 0 Å². The van der Waals surface area contributed by atoms with Crippen molar-refractivity contribution in [2.75, 3.05) is 24.7 Å². The molecular formula is C13H27NOS. The van der Waals surface area contributed by atoms with E-state index in [9.17, 15) is 0 Å². The normalized spacial score (nSPS) is 22.5. The van der Waals surface area contributed by atoms with Gasteiger partial charge in [0.05, 0.1) is 6.10 Å². The average molecular weight is 245 g/mol. The largest absolute Gasteiger partial charge is 0.378 e. The number of hydrogen-bond acceptors (Lipinski definition) is 3. The monoisotopic (exact) mass is 245 g/mol. The maximum atomic E-state index is 5.68. The topological polar surface area (TPSA) is 21.3 Å². The summed E-state index contributed by atoms with van der Waals surface area (Å²) in [6.45, 7) is 6.61. The summed E-state index contributed by atoms with van der Waals surface area (Å²) in [7, 11) is 0. The fourth-order valence-electron chi connectivity index (χ4n) is 2.11. The number of hydrogen-bond donors (Lipinski definition) is 1. The van der Waals surface area contributed by atoms with Crippen LogP contribution in [0.5, 0.6) is 0 Å². The van der Waals surface area contributed by atoms with Crippen LogP contribution in [0.3, 0.4) is 0 Å². The second kappa shape index (κ2) is 9.32. The van der Waals surface area contributed by atoms with Crippen LogP contribution in [-0.2, 0) is 4.74 Å². The molecule has 0 aromatic rings. The predicted octanol–water partition coefficient (Wildman–Crippen LogP) is 3.07. The van der Waals surface area contributed by atoms with Gasteiger partial charge < -0.3 is 10.1 Å². The molecule has 3 heteroatoms. The van der Waals surface area contributed by atoms with Gasteiger partial charge in [0, 0.05) is 18.4 Å². The Morgan fingerprint density at radius 3 is 2.94 bits per heavy atom. The van der Waals surface area contributed by atoms with Crippen molar-refractivity contribution >= 4 is 11.8 Å². The lowest BCUT2D eigenvalue weighted by molar-refractivity contribution is 0.100. The molecule has 0 spiro atoms. The van der Waals surface area contributed by atoms with Crippen LogP contribution in [0.15, 0.2) is 0 Å². The van der Waals surface area contributed by atoms with Crippen molar-refractivity contribution in [3.63, 3.8) is 0 Å². The van der Waals surface area contributed by atoms with Gasteiger partial charge in [-0.05, 0) is 44.4 Å². The van der Waals surface area contributed by atoms with Crippen molar-refractivity contribution in [1.82, 2.24) is 5.32 Å². The Bertz CT molecular complexity index is 152. The van der Waals surface area contributed by atoms with Gasteiger partial charge in [0.1, 0.15) is 0 Å². The van der Waals surface area contributed by atoms with E-state index in [0.717, 1.165) is 13.2 Å². The van der Waals surface area contributed by atoms with Crippen molar-refractivity contribution in [2.45, 2.75) is 58.1 Å². The summed E-state index contributed by atoms with van der Waals surface area (Å²) < 4.78 is 5.68. The minimum atomic E-state index is 0.553. The Balaban J connectivity index is 2.13. The van der Waals surface area contributed by atoms with Gasteiger partial charge >= 0.3 is 0 Å². The second-order valence-electron chi connectivity index (χ2n) is 4.52. The third kappa shape index (κ3) is 6.12. The highest BCUT2D eigenvalue weighted by molar-refractivity contribution is 7.99. The molecule has 1 saturated heterocycles. The van der Waals surface area contributed by atoms with Gasteiger partial charge in [-0.25, -0.2) is 0 Å². The van der Waals surface area contributed by atoms with Crippen LogP contribution >= 0.6 is 11.8 Å². The fraction of sp³-hybridized carbons (Fsp3) is 1.00. The lowest BCUT2D eigenvalue weighted by Gasteiger charge is -2.19. The third-order valence-corrected chi connectivity index (χ3v) is 4.11. The maximum absolute atomic E-state index is 5.68. The molecule has 16 heavy (non-hydrogen) atoms. The first-order valence-corrected chi connectivity index (χ1v) is 7.95. The molecule has 1 fully saturated rings. The van der Waals surface area contributed by atoms with Crippen molar-refractivity contribution in [1.29, 1.82) is 0 Å². The van der Waals surface area contributed by atoms with E-state index in [1.54, 1.807) is 0 Å². The Morgan fingerprint density at radius 1 is 1.44 bits per heavy atom. The van der Waals surface area contributed by atoms with Crippen LogP contribution in [-0.4, -0.2) is 36.8 Å². The summed E-state index contributed by atoms with van der Waals surface area (Å²) in [6, 6.07) is 0.689. The number of ether oxygens (including phenoxy) is 1. The van der Waals surface area contributed by atoms with Gasteiger partial charge in [0.2, 0.25) is 0 Å². The fourth-order valence-corrected chi connectivity index (χ4v) is 2.92. The van der Waals surface area contributed by atoms with Gasteiger partial charge in [0.25, 0.3) is 0 Å². The molecule has 1 rings (SSSR count). The van der Waals surface area contributed by atoms with Gasteiger partial charge in [0.15, 0.2) is 0 Å². The Kier molecular flexibility index (Phi) is 8.34. The molecule has 2 nitrogen and oxygen atoms in total. The number of rotatable bonds is 9. The van der Waals surface area contributed by atoms with Crippen molar-refractivity contribution in [2.24, 2.45) is 0 Å². The number of nitrogens with one attached hydrogen (secondary N) is 1. The molecule has 96 valence electrons. The standard InChI is InChI=1S/C13H27NOS/c1-3-9-14-12(11-16-4-2)7-8-13-6-5-10-15-13/h12-14H,3-11H2,1-2H3. The molecule has 2 atom stereocenters. The molecule has 1 heterocycles. The lowest BCUT2D eigenvalue weighted by atomic mass is 10.1. The molecule has 0 saturated carbocycles. The summed E-state index contributed by atoms with van der Waals surface area (Å²) in [5.41, 5.74) is 0. The van der Waals surface area contributed by atoms with Crippen LogP contribution in [0.1, 0.15) is 46.0 Å². The van der Waals surface area contributed by atoms with Crippen LogP contribution in [0.25, 0.3) is 0 Å². The summed E-state index contributed by atoms with van der Waals surface area (Å²) in [6.07, 6.45) is 6.84. The molecule has 1 aliphatic rings. The lowest BCUT2D eigenvalue weighted by Crippen LogP contribution is -2.33. The van der Waals surface area contributed by atoms with Crippen molar-refractivity contribution in [3.05, 3.63) is 0 Å². The van der Waals surface area contributed by atoms with E-state index in [0.29, 0.717) is 12.1 Å². The van der Waals surface area contributed by atoms with E-state index in [1.807, 2.05) is 11.8 Å². The molecule has 0 bridgehead atoms. The summed E-state index contributed by atoms with van der Waals surface area (Å²) in [5.74, 6) is 2.48. The summed E-state index contributed by atoms with van der Waals surface area (Å²) in [4.78, 5) is 0. The Labute approximate surface area is 105 Å². The van der Waals surface area contributed by atoms with E-state index in [2.05, 4.69) is 19.2 Å².